The average molecular weight is 359 g/mol. The number of hydrogen-bond donors (Lipinski definition) is 1. The second-order valence-corrected chi connectivity index (χ2v) is 7.12. The van der Waals surface area contributed by atoms with E-state index in [1.54, 1.807) is 0 Å². The van der Waals surface area contributed by atoms with Crippen molar-refractivity contribution in [2.75, 3.05) is 6.54 Å². The quantitative estimate of drug-likeness (QED) is 0.763. The lowest BCUT2D eigenvalue weighted by atomic mass is 10.0. The van der Waals surface area contributed by atoms with Gasteiger partial charge in [0.2, 0.25) is 0 Å². The van der Waals surface area contributed by atoms with E-state index in [1.807, 2.05) is 18.3 Å². The van der Waals surface area contributed by atoms with Crippen LogP contribution in [0.5, 0.6) is 0 Å². The summed E-state index contributed by atoms with van der Waals surface area (Å²) in [6, 6.07) is 8.65. The Bertz CT molecular complexity index is 580. The predicted octanol–water partition coefficient (Wildman–Crippen LogP) is 5.48. The molecular weight excluding hydrogens is 342 g/mol. The molecule has 4 heteroatoms. The molecule has 2 aromatic rings. The summed E-state index contributed by atoms with van der Waals surface area (Å²) in [7, 11) is 0. The monoisotopic (exact) mass is 357 g/mol. The molecule has 0 aliphatic heterocycles. The molecule has 0 saturated carbocycles. The fraction of sp³-hybridized carbons (Fsp3) is 0.333. The Morgan fingerprint density at radius 1 is 1.32 bits per heavy atom. The highest BCUT2D eigenvalue weighted by atomic mass is 79.9. The first-order chi connectivity index (χ1) is 9.02. The van der Waals surface area contributed by atoms with Crippen molar-refractivity contribution in [3.8, 4) is 0 Å². The van der Waals surface area contributed by atoms with Gasteiger partial charge in [-0.15, -0.1) is 11.3 Å². The van der Waals surface area contributed by atoms with Crippen molar-refractivity contribution in [1.29, 1.82) is 0 Å². The molecule has 1 heterocycles. The van der Waals surface area contributed by atoms with Crippen LogP contribution in [-0.2, 0) is 0 Å². The molecule has 19 heavy (non-hydrogen) atoms. The molecule has 0 aliphatic rings. The number of benzene rings is 1. The summed E-state index contributed by atoms with van der Waals surface area (Å²) >= 11 is 11.7. The van der Waals surface area contributed by atoms with E-state index in [0.29, 0.717) is 0 Å². The lowest BCUT2D eigenvalue weighted by Crippen LogP contribution is -2.21. The van der Waals surface area contributed by atoms with Crippen LogP contribution >= 0.6 is 38.9 Å². The normalized spacial score (nSPS) is 12.7. The molecule has 0 aliphatic carbocycles. The SMILES string of the molecule is CCNC(c1ccc(C)c(Cl)c1)c1sc(C)cc1Br. The summed E-state index contributed by atoms with van der Waals surface area (Å²) in [5.74, 6) is 0. The minimum Gasteiger partial charge on any atom is -0.306 e. The van der Waals surface area contributed by atoms with E-state index in [-0.39, 0.29) is 6.04 Å². The number of nitrogens with one attached hydrogen (secondary N) is 1. The zero-order valence-electron chi connectivity index (χ0n) is 11.3. The first-order valence-corrected chi connectivity index (χ1v) is 8.27. The third-order valence-corrected chi connectivity index (χ3v) is 5.48. The number of aryl methyl sites for hydroxylation is 2. The van der Waals surface area contributed by atoms with E-state index in [9.17, 15) is 0 Å². The first-order valence-electron chi connectivity index (χ1n) is 6.28. The van der Waals surface area contributed by atoms with Crippen molar-refractivity contribution in [1.82, 2.24) is 5.32 Å². The van der Waals surface area contributed by atoms with E-state index in [4.69, 9.17) is 11.6 Å². The van der Waals surface area contributed by atoms with Crippen molar-refractivity contribution in [3.05, 3.63) is 54.6 Å². The molecule has 0 fully saturated rings. The molecule has 1 nitrogen and oxygen atoms in total. The second-order valence-electron chi connectivity index (χ2n) is 4.57. The van der Waals surface area contributed by atoms with Gasteiger partial charge in [-0.25, -0.2) is 0 Å². The zero-order chi connectivity index (χ0) is 14.0. The van der Waals surface area contributed by atoms with Crippen LogP contribution in [-0.4, -0.2) is 6.54 Å². The third-order valence-electron chi connectivity index (χ3n) is 3.04. The number of rotatable bonds is 4. The van der Waals surface area contributed by atoms with Gasteiger partial charge in [0.1, 0.15) is 0 Å². The van der Waals surface area contributed by atoms with Crippen molar-refractivity contribution < 1.29 is 0 Å². The maximum atomic E-state index is 6.25. The Kier molecular flexibility index (Phi) is 5.07. The van der Waals surface area contributed by atoms with Crippen LogP contribution in [0, 0.1) is 13.8 Å². The zero-order valence-corrected chi connectivity index (χ0v) is 14.4. The van der Waals surface area contributed by atoms with Gasteiger partial charge in [0.15, 0.2) is 0 Å². The minimum atomic E-state index is 0.191. The van der Waals surface area contributed by atoms with Crippen molar-refractivity contribution in [2.45, 2.75) is 26.8 Å². The third kappa shape index (κ3) is 3.40. The summed E-state index contributed by atoms with van der Waals surface area (Å²) in [5, 5.41) is 4.36. The maximum absolute atomic E-state index is 6.25. The first kappa shape index (κ1) is 15.0. The molecule has 0 spiro atoms. The van der Waals surface area contributed by atoms with E-state index in [0.717, 1.165) is 21.6 Å². The molecule has 1 unspecified atom stereocenters. The average Bonchev–Trinajstić information content (AvgIpc) is 2.69. The molecule has 1 N–H and O–H groups in total. The van der Waals surface area contributed by atoms with Gasteiger partial charge < -0.3 is 5.32 Å². The molecule has 0 bridgehead atoms. The van der Waals surface area contributed by atoms with Gasteiger partial charge in [-0.2, -0.15) is 0 Å². The van der Waals surface area contributed by atoms with Gasteiger partial charge in [-0.05, 0) is 59.6 Å². The van der Waals surface area contributed by atoms with Crippen LogP contribution in [0.1, 0.15) is 33.8 Å². The van der Waals surface area contributed by atoms with Gasteiger partial charge in [-0.1, -0.05) is 30.7 Å². The molecule has 1 atom stereocenters. The molecule has 1 aromatic carbocycles. The van der Waals surface area contributed by atoms with E-state index in [1.165, 1.54) is 15.3 Å². The standard InChI is InChI=1S/C15H17BrClNS/c1-4-18-14(15-12(16)7-10(3)19-15)11-6-5-9(2)13(17)8-11/h5-8,14,18H,4H2,1-3H3. The maximum Gasteiger partial charge on any atom is 0.0683 e. The molecule has 0 saturated heterocycles. The Labute approximate surface area is 132 Å². The lowest BCUT2D eigenvalue weighted by Gasteiger charge is -2.18. The Morgan fingerprint density at radius 3 is 2.58 bits per heavy atom. The Balaban J connectivity index is 2.44. The summed E-state index contributed by atoms with van der Waals surface area (Å²) < 4.78 is 1.16. The van der Waals surface area contributed by atoms with E-state index in [2.05, 4.69) is 59.4 Å². The minimum absolute atomic E-state index is 0.191. The lowest BCUT2D eigenvalue weighted by molar-refractivity contribution is 0.638. The van der Waals surface area contributed by atoms with Crippen LogP contribution in [0.4, 0.5) is 0 Å². The fourth-order valence-corrected chi connectivity index (χ4v) is 4.23. The highest BCUT2D eigenvalue weighted by Crippen LogP contribution is 2.36. The molecule has 0 radical (unpaired) electrons. The molecule has 2 rings (SSSR count). The van der Waals surface area contributed by atoms with E-state index >= 15 is 0 Å². The van der Waals surface area contributed by atoms with E-state index < -0.39 is 0 Å². The van der Waals surface area contributed by atoms with Gasteiger partial charge in [0, 0.05) is 19.2 Å². The van der Waals surface area contributed by atoms with Crippen LogP contribution in [0.2, 0.25) is 5.02 Å². The van der Waals surface area contributed by atoms with Crippen LogP contribution in [0.25, 0.3) is 0 Å². The Morgan fingerprint density at radius 2 is 2.05 bits per heavy atom. The largest absolute Gasteiger partial charge is 0.306 e. The number of halogens is 2. The summed E-state index contributed by atoms with van der Waals surface area (Å²) in [5.41, 5.74) is 2.32. The van der Waals surface area contributed by atoms with Gasteiger partial charge in [-0.3, -0.25) is 0 Å². The van der Waals surface area contributed by atoms with Gasteiger partial charge >= 0.3 is 0 Å². The van der Waals surface area contributed by atoms with Crippen molar-refractivity contribution in [3.63, 3.8) is 0 Å². The van der Waals surface area contributed by atoms with Crippen molar-refractivity contribution in [2.24, 2.45) is 0 Å². The van der Waals surface area contributed by atoms with Crippen molar-refractivity contribution >= 4 is 38.9 Å². The van der Waals surface area contributed by atoms with Gasteiger partial charge in [0.25, 0.3) is 0 Å². The van der Waals surface area contributed by atoms with Crippen LogP contribution < -0.4 is 5.32 Å². The fourth-order valence-electron chi connectivity index (χ4n) is 2.05. The highest BCUT2D eigenvalue weighted by Gasteiger charge is 2.18. The van der Waals surface area contributed by atoms with Crippen LogP contribution in [0.3, 0.4) is 0 Å². The summed E-state index contributed by atoms with van der Waals surface area (Å²) in [6.07, 6.45) is 0. The molecular formula is C15H17BrClNS. The highest BCUT2D eigenvalue weighted by molar-refractivity contribution is 9.10. The molecule has 1 aromatic heterocycles. The number of thiophene rings is 1. The second kappa shape index (κ2) is 6.40. The smallest absolute Gasteiger partial charge is 0.0683 e. The summed E-state index contributed by atoms with van der Waals surface area (Å²) in [6.45, 7) is 7.19. The summed E-state index contributed by atoms with van der Waals surface area (Å²) in [4.78, 5) is 2.61. The predicted molar refractivity (Wildman–Crippen MR) is 88.5 cm³/mol. The number of hydrogen-bond acceptors (Lipinski definition) is 2. The van der Waals surface area contributed by atoms with Gasteiger partial charge in [0.05, 0.1) is 6.04 Å². The Hall–Kier alpha value is -0.350. The molecule has 0 amide bonds. The van der Waals surface area contributed by atoms with Crippen LogP contribution in [0.15, 0.2) is 28.7 Å². The topological polar surface area (TPSA) is 12.0 Å². The molecule has 102 valence electrons.